The smallest absolute Gasteiger partial charge is 0.166 e. The van der Waals surface area contributed by atoms with Crippen LogP contribution in [-0.2, 0) is 0 Å². The average Bonchev–Trinajstić information content (AvgIpc) is 3.59. The highest BCUT2D eigenvalue weighted by Gasteiger charge is 2.21. The van der Waals surface area contributed by atoms with E-state index in [1.165, 1.54) is 17.7 Å². The maximum absolute atomic E-state index is 14.1. The van der Waals surface area contributed by atoms with Gasteiger partial charge in [-0.3, -0.25) is 0 Å². The summed E-state index contributed by atoms with van der Waals surface area (Å²) in [6.07, 6.45) is 0. The van der Waals surface area contributed by atoms with E-state index >= 15 is 0 Å². The quantitative estimate of drug-likeness (QED) is 0.172. The van der Waals surface area contributed by atoms with Crippen molar-refractivity contribution in [3.63, 3.8) is 0 Å². The monoisotopic (exact) mass is 718 g/mol. The minimum Gasteiger partial charge on any atom is -0.308 e. The highest BCUT2D eigenvalue weighted by Crippen LogP contribution is 2.39. The highest BCUT2D eigenvalue weighted by atomic mass is 19.1. The zero-order chi connectivity index (χ0) is 38.3. The Kier molecular flexibility index (Phi) is 11.0. The molecular formula is C50H43FN4. The maximum atomic E-state index is 14.1. The minimum absolute atomic E-state index is 0.270. The molecule has 0 atom stereocenters. The van der Waals surface area contributed by atoms with Gasteiger partial charge < -0.3 is 4.57 Å². The second-order valence-corrected chi connectivity index (χ2v) is 12.7. The molecule has 270 valence electrons. The van der Waals surface area contributed by atoms with E-state index in [1.54, 1.807) is 0 Å². The SMILES string of the molecule is CC.CC.Cc1ccc(-c2ccc3c4ccccc4n(-c4cc(-c5ccc(F)cc5)ccc4-c4nc(-c5ccccc5)nc(-c5ccccc5)n4)c3c2)cc1. The van der Waals surface area contributed by atoms with Gasteiger partial charge in [-0.1, -0.05) is 167 Å². The summed E-state index contributed by atoms with van der Waals surface area (Å²) in [7, 11) is 0. The predicted molar refractivity (Wildman–Crippen MR) is 229 cm³/mol. The first-order valence-electron chi connectivity index (χ1n) is 19.0. The average molecular weight is 719 g/mol. The zero-order valence-corrected chi connectivity index (χ0v) is 31.8. The lowest BCUT2D eigenvalue weighted by molar-refractivity contribution is 0.628. The van der Waals surface area contributed by atoms with Crippen molar-refractivity contribution in [1.29, 1.82) is 0 Å². The Morgan fingerprint density at radius 3 is 1.49 bits per heavy atom. The van der Waals surface area contributed by atoms with Crippen LogP contribution in [0.5, 0.6) is 0 Å². The number of benzene rings is 7. The van der Waals surface area contributed by atoms with Gasteiger partial charge in [0, 0.05) is 27.5 Å². The van der Waals surface area contributed by atoms with Gasteiger partial charge in [-0.2, -0.15) is 0 Å². The Labute approximate surface area is 322 Å². The van der Waals surface area contributed by atoms with Crippen LogP contribution in [0.3, 0.4) is 0 Å². The summed E-state index contributed by atoms with van der Waals surface area (Å²) in [6.45, 7) is 10.1. The van der Waals surface area contributed by atoms with Crippen LogP contribution in [0.4, 0.5) is 4.39 Å². The van der Waals surface area contributed by atoms with Crippen molar-refractivity contribution in [3.8, 4) is 62.1 Å². The standard InChI is InChI=1S/C46H31FN4.2C2H6/c1-30-16-18-31(19-17-30)35-22-26-39-38-14-8-9-15-41(38)51(42(39)28-35)43-29-36(32-20-24-37(47)25-21-32)23-27-40(43)46-49-44(33-10-4-2-5-11-33)48-45(50-46)34-12-6-3-7-13-34;2*1-2/h2-29H,1H3;2*1-2H3. The van der Waals surface area contributed by atoms with Crippen LogP contribution in [0.2, 0.25) is 0 Å². The number of fused-ring (bicyclic) bond motifs is 3. The van der Waals surface area contributed by atoms with E-state index in [0.29, 0.717) is 17.5 Å². The van der Waals surface area contributed by atoms with Crippen molar-refractivity contribution in [1.82, 2.24) is 19.5 Å². The molecule has 7 aromatic carbocycles. The van der Waals surface area contributed by atoms with Gasteiger partial charge in [-0.05, 0) is 65.6 Å². The van der Waals surface area contributed by atoms with Gasteiger partial charge in [0.2, 0.25) is 0 Å². The molecule has 0 aliphatic heterocycles. The molecule has 0 saturated carbocycles. The molecule has 0 unspecified atom stereocenters. The molecule has 0 bridgehead atoms. The predicted octanol–water partition coefficient (Wildman–Crippen LogP) is 13.8. The summed E-state index contributed by atoms with van der Waals surface area (Å²) in [5.41, 5.74) is 11.1. The number of para-hydroxylation sites is 1. The molecule has 2 heterocycles. The molecular weight excluding hydrogens is 676 g/mol. The number of hydrogen-bond donors (Lipinski definition) is 0. The number of aryl methyl sites for hydroxylation is 1. The molecule has 0 aliphatic carbocycles. The minimum atomic E-state index is -0.270. The van der Waals surface area contributed by atoms with Gasteiger partial charge >= 0.3 is 0 Å². The molecule has 0 aliphatic rings. The van der Waals surface area contributed by atoms with Crippen molar-refractivity contribution in [2.24, 2.45) is 0 Å². The fourth-order valence-corrected chi connectivity index (χ4v) is 6.81. The van der Waals surface area contributed by atoms with E-state index in [4.69, 9.17) is 15.0 Å². The van der Waals surface area contributed by atoms with Crippen LogP contribution < -0.4 is 0 Å². The summed E-state index contributed by atoms with van der Waals surface area (Å²) >= 11 is 0. The second-order valence-electron chi connectivity index (χ2n) is 12.7. The highest BCUT2D eigenvalue weighted by molar-refractivity contribution is 6.10. The van der Waals surface area contributed by atoms with Crippen molar-refractivity contribution in [3.05, 3.63) is 181 Å². The lowest BCUT2D eigenvalue weighted by atomic mass is 10.0. The summed E-state index contributed by atoms with van der Waals surface area (Å²) in [6, 6.07) is 56.8. The fourth-order valence-electron chi connectivity index (χ4n) is 6.81. The third-order valence-electron chi connectivity index (χ3n) is 9.42. The van der Waals surface area contributed by atoms with Crippen LogP contribution in [0.25, 0.3) is 83.9 Å². The fraction of sp³-hybridized carbons (Fsp3) is 0.100. The first-order chi connectivity index (χ1) is 27.1. The molecule has 0 amide bonds. The van der Waals surface area contributed by atoms with E-state index in [0.717, 1.165) is 66.4 Å². The third-order valence-corrected chi connectivity index (χ3v) is 9.42. The molecule has 0 saturated heterocycles. The maximum Gasteiger partial charge on any atom is 0.166 e. The number of aromatic nitrogens is 4. The van der Waals surface area contributed by atoms with Gasteiger partial charge in [-0.25, -0.2) is 19.3 Å². The first-order valence-corrected chi connectivity index (χ1v) is 19.0. The van der Waals surface area contributed by atoms with E-state index in [1.807, 2.05) is 100 Å². The Bertz CT molecular complexity index is 2620. The lowest BCUT2D eigenvalue weighted by Gasteiger charge is -2.17. The summed E-state index contributed by atoms with van der Waals surface area (Å²) < 4.78 is 16.4. The van der Waals surface area contributed by atoms with E-state index < -0.39 is 0 Å². The van der Waals surface area contributed by atoms with Crippen LogP contribution in [0, 0.1) is 12.7 Å². The third kappa shape index (κ3) is 7.42. The number of nitrogens with zero attached hydrogens (tertiary/aromatic N) is 4. The molecule has 9 rings (SSSR count). The Hall–Kier alpha value is -6.72. The van der Waals surface area contributed by atoms with Crippen LogP contribution in [-0.4, -0.2) is 19.5 Å². The number of halogens is 1. The van der Waals surface area contributed by atoms with Crippen molar-refractivity contribution in [2.75, 3.05) is 0 Å². The van der Waals surface area contributed by atoms with Crippen LogP contribution in [0.1, 0.15) is 33.3 Å². The largest absolute Gasteiger partial charge is 0.308 e. The Morgan fingerprint density at radius 1 is 0.400 bits per heavy atom. The van der Waals surface area contributed by atoms with Gasteiger partial charge in [0.15, 0.2) is 17.5 Å². The summed E-state index contributed by atoms with van der Waals surface area (Å²) in [4.78, 5) is 15.2. The van der Waals surface area contributed by atoms with Gasteiger partial charge in [0.1, 0.15) is 5.82 Å². The second kappa shape index (κ2) is 16.5. The Balaban J connectivity index is 0.00000113. The normalized spacial score (nSPS) is 10.7. The summed E-state index contributed by atoms with van der Waals surface area (Å²) in [5, 5.41) is 2.29. The molecule has 9 aromatic rings. The molecule has 2 aromatic heterocycles. The van der Waals surface area contributed by atoms with Crippen LogP contribution >= 0.6 is 0 Å². The lowest BCUT2D eigenvalue weighted by Crippen LogP contribution is -2.04. The summed E-state index contributed by atoms with van der Waals surface area (Å²) in [5.74, 6) is 1.48. The van der Waals surface area contributed by atoms with E-state index in [-0.39, 0.29) is 5.82 Å². The molecule has 0 N–H and O–H groups in total. The molecule has 5 heteroatoms. The Morgan fingerprint density at radius 2 is 0.873 bits per heavy atom. The van der Waals surface area contributed by atoms with Gasteiger partial charge in [-0.15, -0.1) is 0 Å². The van der Waals surface area contributed by atoms with Crippen molar-refractivity contribution in [2.45, 2.75) is 34.6 Å². The topological polar surface area (TPSA) is 43.6 Å². The van der Waals surface area contributed by atoms with Gasteiger partial charge in [0.05, 0.1) is 16.7 Å². The van der Waals surface area contributed by atoms with Crippen LogP contribution in [0.15, 0.2) is 170 Å². The first kappa shape index (κ1) is 36.6. The molecule has 55 heavy (non-hydrogen) atoms. The van der Waals surface area contributed by atoms with Crippen molar-refractivity contribution < 1.29 is 4.39 Å². The van der Waals surface area contributed by atoms with E-state index in [9.17, 15) is 4.39 Å². The zero-order valence-electron chi connectivity index (χ0n) is 31.8. The van der Waals surface area contributed by atoms with E-state index in [2.05, 4.69) is 96.4 Å². The number of rotatable bonds is 6. The molecule has 0 spiro atoms. The van der Waals surface area contributed by atoms with Crippen molar-refractivity contribution >= 4 is 21.8 Å². The molecule has 0 fully saturated rings. The molecule has 0 radical (unpaired) electrons. The molecule has 4 nitrogen and oxygen atoms in total. The number of hydrogen-bond acceptors (Lipinski definition) is 3. The van der Waals surface area contributed by atoms with Gasteiger partial charge in [0.25, 0.3) is 0 Å².